The molecule has 1 aromatic carbocycles. The van der Waals surface area contributed by atoms with Crippen molar-refractivity contribution in [2.45, 2.75) is 0 Å². The van der Waals surface area contributed by atoms with E-state index in [0.717, 1.165) is 0 Å². The quantitative estimate of drug-likeness (QED) is 0.788. The maximum absolute atomic E-state index is 12.0. The third-order valence-corrected chi connectivity index (χ3v) is 2.95. The van der Waals surface area contributed by atoms with Crippen molar-refractivity contribution in [1.82, 2.24) is 4.90 Å². The molecule has 0 bridgehead atoms. The van der Waals surface area contributed by atoms with E-state index in [9.17, 15) is 4.79 Å². The number of urea groups is 1. The molecule has 0 atom stereocenters. The molecule has 3 N–H and O–H groups in total. The topological polar surface area (TPSA) is 67.6 Å². The van der Waals surface area contributed by atoms with Crippen LogP contribution < -0.4 is 11.1 Å². The first kappa shape index (κ1) is 12.8. The van der Waals surface area contributed by atoms with Crippen LogP contribution in [-0.4, -0.2) is 42.2 Å². The van der Waals surface area contributed by atoms with Crippen LogP contribution >= 0.6 is 12.2 Å². The number of carbonyl (C=O) groups excluding carboxylic acids is 1. The fourth-order valence-corrected chi connectivity index (χ4v) is 1.95. The highest BCUT2D eigenvalue weighted by atomic mass is 32.1. The number of nitrogens with two attached hydrogens (primary N) is 1. The number of hydrogen-bond acceptors (Lipinski definition) is 3. The Hall–Kier alpha value is -1.66. The molecule has 5 nitrogen and oxygen atoms in total. The minimum Gasteiger partial charge on any atom is -0.389 e. The first-order valence-corrected chi connectivity index (χ1v) is 6.12. The van der Waals surface area contributed by atoms with E-state index in [0.29, 0.717) is 37.6 Å². The van der Waals surface area contributed by atoms with Crippen molar-refractivity contribution in [3.05, 3.63) is 29.8 Å². The van der Waals surface area contributed by atoms with E-state index in [1.54, 1.807) is 17.0 Å². The van der Waals surface area contributed by atoms with Gasteiger partial charge in [0.1, 0.15) is 4.99 Å². The summed E-state index contributed by atoms with van der Waals surface area (Å²) in [7, 11) is 0. The van der Waals surface area contributed by atoms with Crippen LogP contribution in [0.4, 0.5) is 10.5 Å². The largest absolute Gasteiger partial charge is 0.389 e. The first-order valence-electron chi connectivity index (χ1n) is 5.71. The summed E-state index contributed by atoms with van der Waals surface area (Å²) < 4.78 is 5.20. The number of thiocarbonyl (C=S) groups is 1. The van der Waals surface area contributed by atoms with E-state index in [4.69, 9.17) is 22.7 Å². The van der Waals surface area contributed by atoms with Gasteiger partial charge in [-0.25, -0.2) is 4.79 Å². The van der Waals surface area contributed by atoms with Gasteiger partial charge in [-0.3, -0.25) is 0 Å². The van der Waals surface area contributed by atoms with Crippen molar-refractivity contribution in [2.75, 3.05) is 31.6 Å². The zero-order valence-electron chi connectivity index (χ0n) is 9.89. The lowest BCUT2D eigenvalue weighted by Gasteiger charge is -2.27. The summed E-state index contributed by atoms with van der Waals surface area (Å²) in [6.45, 7) is 2.34. The molecule has 1 aliphatic heterocycles. The average Bonchev–Trinajstić information content (AvgIpc) is 2.40. The fourth-order valence-electron chi connectivity index (χ4n) is 1.77. The molecule has 0 aromatic heterocycles. The highest BCUT2D eigenvalue weighted by molar-refractivity contribution is 7.80. The molecule has 0 aliphatic carbocycles. The minimum absolute atomic E-state index is 0.151. The van der Waals surface area contributed by atoms with Gasteiger partial charge in [-0.2, -0.15) is 0 Å². The molecule has 1 aliphatic rings. The highest BCUT2D eigenvalue weighted by Gasteiger charge is 2.17. The summed E-state index contributed by atoms with van der Waals surface area (Å²) in [4.78, 5) is 14.0. The Morgan fingerprint density at radius 1 is 1.33 bits per heavy atom. The Labute approximate surface area is 111 Å². The van der Waals surface area contributed by atoms with Crippen LogP contribution in [0.1, 0.15) is 5.56 Å². The van der Waals surface area contributed by atoms with Crippen LogP contribution in [0.25, 0.3) is 0 Å². The molecule has 96 valence electrons. The second kappa shape index (κ2) is 5.79. The van der Waals surface area contributed by atoms with E-state index in [2.05, 4.69) is 5.32 Å². The molecule has 1 saturated heterocycles. The zero-order valence-corrected chi connectivity index (χ0v) is 10.7. The van der Waals surface area contributed by atoms with Crippen molar-refractivity contribution in [3.63, 3.8) is 0 Å². The Morgan fingerprint density at radius 3 is 2.67 bits per heavy atom. The molecule has 0 spiro atoms. The number of para-hydroxylation sites is 1. The summed E-state index contributed by atoms with van der Waals surface area (Å²) in [5.41, 5.74) is 6.93. The number of nitrogens with one attached hydrogen (secondary N) is 1. The Bertz CT molecular complexity index is 458. The van der Waals surface area contributed by atoms with E-state index >= 15 is 0 Å². The molecule has 0 unspecified atom stereocenters. The van der Waals surface area contributed by atoms with Gasteiger partial charge in [0.15, 0.2) is 0 Å². The third-order valence-electron chi connectivity index (χ3n) is 2.73. The molecule has 18 heavy (non-hydrogen) atoms. The molecule has 0 saturated carbocycles. The number of anilines is 1. The summed E-state index contributed by atoms with van der Waals surface area (Å²) in [6.07, 6.45) is 0. The Balaban J connectivity index is 2.08. The van der Waals surface area contributed by atoms with Crippen molar-refractivity contribution >= 4 is 28.9 Å². The van der Waals surface area contributed by atoms with Crippen LogP contribution in [0.3, 0.4) is 0 Å². The first-order chi connectivity index (χ1) is 8.68. The van der Waals surface area contributed by atoms with Crippen molar-refractivity contribution in [3.8, 4) is 0 Å². The minimum atomic E-state index is -0.151. The second-order valence-corrected chi connectivity index (χ2v) is 4.38. The molecular formula is C12H15N3O2S. The number of amides is 2. The average molecular weight is 265 g/mol. The van der Waals surface area contributed by atoms with E-state index in [-0.39, 0.29) is 11.0 Å². The van der Waals surface area contributed by atoms with Gasteiger partial charge >= 0.3 is 6.03 Å². The number of ether oxygens (including phenoxy) is 1. The van der Waals surface area contributed by atoms with Gasteiger partial charge in [0, 0.05) is 18.7 Å². The van der Waals surface area contributed by atoms with Gasteiger partial charge in [0.2, 0.25) is 0 Å². The van der Waals surface area contributed by atoms with Crippen molar-refractivity contribution in [1.29, 1.82) is 0 Å². The summed E-state index contributed by atoms with van der Waals surface area (Å²) in [5.74, 6) is 0. The van der Waals surface area contributed by atoms with Crippen LogP contribution in [0.2, 0.25) is 0 Å². The number of benzene rings is 1. The van der Waals surface area contributed by atoms with Gasteiger partial charge in [-0.05, 0) is 12.1 Å². The van der Waals surface area contributed by atoms with Gasteiger partial charge in [0.25, 0.3) is 0 Å². The summed E-state index contributed by atoms with van der Waals surface area (Å²) in [6, 6.07) is 7.08. The SMILES string of the molecule is NC(=S)c1ccccc1NC(=O)N1CCOCC1. The Morgan fingerprint density at radius 2 is 2.00 bits per heavy atom. The van der Waals surface area contributed by atoms with Gasteiger partial charge in [0.05, 0.1) is 18.9 Å². The van der Waals surface area contributed by atoms with Gasteiger partial charge in [-0.1, -0.05) is 24.4 Å². The molecule has 6 heteroatoms. The van der Waals surface area contributed by atoms with Gasteiger partial charge in [-0.15, -0.1) is 0 Å². The van der Waals surface area contributed by atoms with E-state index in [1.807, 2.05) is 12.1 Å². The number of morpholine rings is 1. The Kier molecular flexibility index (Phi) is 4.11. The predicted octanol–water partition coefficient (Wildman–Crippen LogP) is 1.18. The highest BCUT2D eigenvalue weighted by Crippen LogP contribution is 2.15. The number of nitrogens with zero attached hydrogens (tertiary/aromatic N) is 1. The lowest BCUT2D eigenvalue weighted by molar-refractivity contribution is 0.0564. The second-order valence-electron chi connectivity index (χ2n) is 3.94. The number of hydrogen-bond donors (Lipinski definition) is 2. The van der Waals surface area contributed by atoms with E-state index < -0.39 is 0 Å². The van der Waals surface area contributed by atoms with Crippen molar-refractivity contribution in [2.24, 2.45) is 5.73 Å². The molecular weight excluding hydrogens is 250 g/mol. The smallest absolute Gasteiger partial charge is 0.322 e. The summed E-state index contributed by atoms with van der Waals surface area (Å²) in [5, 5.41) is 2.83. The summed E-state index contributed by atoms with van der Waals surface area (Å²) >= 11 is 4.95. The molecule has 1 fully saturated rings. The standard InChI is InChI=1S/C12H15N3O2S/c13-11(18)9-3-1-2-4-10(9)14-12(16)15-5-7-17-8-6-15/h1-4H,5-8H2,(H2,13,18)(H,14,16). The third kappa shape index (κ3) is 2.96. The van der Waals surface area contributed by atoms with Crippen LogP contribution in [0.15, 0.2) is 24.3 Å². The van der Waals surface area contributed by atoms with Crippen LogP contribution in [0, 0.1) is 0 Å². The van der Waals surface area contributed by atoms with E-state index in [1.165, 1.54) is 0 Å². The van der Waals surface area contributed by atoms with Crippen LogP contribution in [-0.2, 0) is 4.74 Å². The molecule has 2 amide bonds. The number of rotatable bonds is 2. The zero-order chi connectivity index (χ0) is 13.0. The lowest BCUT2D eigenvalue weighted by Crippen LogP contribution is -2.43. The van der Waals surface area contributed by atoms with Crippen LogP contribution in [0.5, 0.6) is 0 Å². The molecule has 2 rings (SSSR count). The normalized spacial score (nSPS) is 15.2. The number of carbonyl (C=O) groups is 1. The maximum atomic E-state index is 12.0. The molecule has 1 aromatic rings. The van der Waals surface area contributed by atoms with Gasteiger partial charge < -0.3 is 20.7 Å². The maximum Gasteiger partial charge on any atom is 0.322 e. The monoisotopic (exact) mass is 265 g/mol. The predicted molar refractivity (Wildman–Crippen MR) is 73.7 cm³/mol. The molecule has 0 radical (unpaired) electrons. The lowest BCUT2D eigenvalue weighted by atomic mass is 10.2. The van der Waals surface area contributed by atoms with Crippen molar-refractivity contribution < 1.29 is 9.53 Å². The molecule has 1 heterocycles. The fraction of sp³-hybridized carbons (Fsp3) is 0.333.